The number of benzene rings is 1. The van der Waals surface area contributed by atoms with Crippen molar-refractivity contribution in [2.24, 2.45) is 0 Å². The Morgan fingerprint density at radius 1 is 1.58 bits per heavy atom. The fourth-order valence-electron chi connectivity index (χ4n) is 2.03. The highest BCUT2D eigenvalue weighted by atomic mass is 35.5. The molecular formula is C13H14ClNO4. The fraction of sp³-hybridized carbons (Fsp3) is 0.385. The molecule has 102 valence electrons. The van der Waals surface area contributed by atoms with Crippen molar-refractivity contribution in [2.75, 3.05) is 18.1 Å². The van der Waals surface area contributed by atoms with Gasteiger partial charge in [-0.2, -0.15) is 0 Å². The number of halogens is 1. The van der Waals surface area contributed by atoms with E-state index in [0.717, 1.165) is 0 Å². The van der Waals surface area contributed by atoms with Crippen molar-refractivity contribution in [3.8, 4) is 5.75 Å². The zero-order chi connectivity index (χ0) is 14.0. The van der Waals surface area contributed by atoms with Gasteiger partial charge in [0.15, 0.2) is 6.61 Å². The first kappa shape index (κ1) is 13.7. The number of anilines is 1. The van der Waals surface area contributed by atoms with Gasteiger partial charge in [-0.25, -0.2) is 0 Å². The zero-order valence-electron chi connectivity index (χ0n) is 10.4. The van der Waals surface area contributed by atoms with E-state index in [2.05, 4.69) is 0 Å². The molecule has 2 rings (SSSR count). The molecule has 1 N–H and O–H groups in total. The Morgan fingerprint density at radius 2 is 2.32 bits per heavy atom. The normalized spacial score (nSPS) is 15.7. The van der Waals surface area contributed by atoms with Gasteiger partial charge >= 0.3 is 5.97 Å². The van der Waals surface area contributed by atoms with Crippen LogP contribution in [0.2, 0.25) is 0 Å². The predicted octanol–water partition coefficient (Wildman–Crippen LogP) is 2.19. The highest BCUT2D eigenvalue weighted by Gasteiger charge is 2.25. The average Bonchev–Trinajstić information content (AvgIpc) is 2.37. The number of hydrogen-bond acceptors (Lipinski definition) is 3. The maximum absolute atomic E-state index is 11.7. The van der Waals surface area contributed by atoms with E-state index >= 15 is 0 Å². The summed E-state index contributed by atoms with van der Waals surface area (Å²) in [4.78, 5) is 24.0. The van der Waals surface area contributed by atoms with Gasteiger partial charge in [-0.05, 0) is 24.6 Å². The van der Waals surface area contributed by atoms with Gasteiger partial charge in [-0.1, -0.05) is 6.07 Å². The number of carboxylic acids is 1. The van der Waals surface area contributed by atoms with Crippen molar-refractivity contribution >= 4 is 29.2 Å². The molecule has 0 spiro atoms. The molecule has 0 aromatic heterocycles. The van der Waals surface area contributed by atoms with Crippen LogP contribution >= 0.6 is 11.6 Å². The lowest BCUT2D eigenvalue weighted by molar-refractivity contribution is -0.137. The van der Waals surface area contributed by atoms with Crippen LogP contribution < -0.4 is 9.64 Å². The van der Waals surface area contributed by atoms with Crippen LogP contribution in [0.5, 0.6) is 5.75 Å². The minimum Gasteiger partial charge on any atom is -0.482 e. The number of hydrogen-bond donors (Lipinski definition) is 1. The van der Waals surface area contributed by atoms with E-state index in [9.17, 15) is 9.59 Å². The SMILES string of the molecule is CCN1C(=O)COc2ccc(C(Cl)CC(=O)O)cc21. The molecule has 0 saturated carbocycles. The van der Waals surface area contributed by atoms with E-state index in [4.69, 9.17) is 21.4 Å². The number of carbonyl (C=O) groups excluding carboxylic acids is 1. The molecule has 19 heavy (non-hydrogen) atoms. The Bertz CT molecular complexity index is 517. The molecule has 1 aromatic rings. The third-order valence-corrected chi connectivity index (χ3v) is 3.36. The number of fused-ring (bicyclic) bond motifs is 1. The molecular weight excluding hydrogens is 270 g/mol. The third kappa shape index (κ3) is 2.81. The van der Waals surface area contributed by atoms with Gasteiger partial charge in [0.2, 0.25) is 0 Å². The van der Waals surface area contributed by atoms with E-state index < -0.39 is 11.3 Å². The standard InChI is InChI=1S/C13H14ClNO4/c1-2-15-10-5-8(9(14)6-13(17)18)3-4-11(10)19-7-12(15)16/h3-5,9H,2,6-7H2,1H3,(H,17,18). The van der Waals surface area contributed by atoms with Crippen LogP contribution in [0.3, 0.4) is 0 Å². The second kappa shape index (κ2) is 5.48. The molecule has 1 aromatic carbocycles. The second-order valence-corrected chi connectivity index (χ2v) is 4.75. The molecule has 1 amide bonds. The average molecular weight is 284 g/mol. The third-order valence-electron chi connectivity index (χ3n) is 2.96. The van der Waals surface area contributed by atoms with Gasteiger partial charge in [-0.3, -0.25) is 9.59 Å². The lowest BCUT2D eigenvalue weighted by Crippen LogP contribution is -2.38. The summed E-state index contributed by atoms with van der Waals surface area (Å²) in [7, 11) is 0. The second-order valence-electron chi connectivity index (χ2n) is 4.22. The summed E-state index contributed by atoms with van der Waals surface area (Å²) >= 11 is 6.05. The molecule has 0 fully saturated rings. The predicted molar refractivity (Wildman–Crippen MR) is 70.8 cm³/mol. The molecule has 1 unspecified atom stereocenters. The van der Waals surface area contributed by atoms with Crippen molar-refractivity contribution < 1.29 is 19.4 Å². The molecule has 0 saturated heterocycles. The van der Waals surface area contributed by atoms with Crippen LogP contribution in [0, 0.1) is 0 Å². The van der Waals surface area contributed by atoms with E-state index in [1.54, 1.807) is 23.1 Å². The summed E-state index contributed by atoms with van der Waals surface area (Å²) in [5, 5.41) is 8.12. The van der Waals surface area contributed by atoms with Crippen molar-refractivity contribution in [1.29, 1.82) is 0 Å². The van der Waals surface area contributed by atoms with Crippen LogP contribution in [0.25, 0.3) is 0 Å². The zero-order valence-corrected chi connectivity index (χ0v) is 11.2. The number of aliphatic carboxylic acids is 1. The monoisotopic (exact) mass is 283 g/mol. The van der Waals surface area contributed by atoms with Gasteiger partial charge in [0.1, 0.15) is 5.75 Å². The maximum Gasteiger partial charge on any atom is 0.305 e. The lowest BCUT2D eigenvalue weighted by atomic mass is 10.1. The van der Waals surface area contributed by atoms with E-state index in [1.807, 2.05) is 6.92 Å². The van der Waals surface area contributed by atoms with E-state index in [0.29, 0.717) is 23.5 Å². The lowest BCUT2D eigenvalue weighted by Gasteiger charge is -2.29. The van der Waals surface area contributed by atoms with Gasteiger partial charge in [0.05, 0.1) is 17.5 Å². The molecule has 0 radical (unpaired) electrons. The number of alkyl halides is 1. The quantitative estimate of drug-likeness (QED) is 0.860. The summed E-state index contributed by atoms with van der Waals surface area (Å²) in [6.07, 6.45) is -0.165. The van der Waals surface area contributed by atoms with Crippen molar-refractivity contribution in [1.82, 2.24) is 0 Å². The number of carbonyl (C=O) groups is 2. The highest BCUT2D eigenvalue weighted by molar-refractivity contribution is 6.21. The van der Waals surface area contributed by atoms with Crippen LogP contribution in [0.1, 0.15) is 24.3 Å². The van der Waals surface area contributed by atoms with Gasteiger partial charge < -0.3 is 14.7 Å². The summed E-state index contributed by atoms with van der Waals surface area (Å²) in [6.45, 7) is 2.43. The highest BCUT2D eigenvalue weighted by Crippen LogP contribution is 2.36. The molecule has 1 atom stereocenters. The van der Waals surface area contributed by atoms with Gasteiger partial charge in [0, 0.05) is 6.54 Å². The Hall–Kier alpha value is -1.75. The summed E-state index contributed by atoms with van der Waals surface area (Å²) in [5.74, 6) is -0.460. The van der Waals surface area contributed by atoms with Crippen LogP contribution in [-0.2, 0) is 9.59 Å². The smallest absolute Gasteiger partial charge is 0.305 e. The van der Waals surface area contributed by atoms with Crippen molar-refractivity contribution in [3.05, 3.63) is 23.8 Å². The Labute approximate surface area is 115 Å². The summed E-state index contributed by atoms with van der Waals surface area (Å²) in [5.41, 5.74) is 1.31. The number of likely N-dealkylation sites (N-methyl/N-ethyl adjacent to an activating group) is 1. The van der Waals surface area contributed by atoms with Gasteiger partial charge in [-0.15, -0.1) is 11.6 Å². The van der Waals surface area contributed by atoms with Crippen LogP contribution in [0.15, 0.2) is 18.2 Å². The first-order valence-electron chi connectivity index (χ1n) is 5.96. The Balaban J connectivity index is 2.33. The molecule has 0 bridgehead atoms. The van der Waals surface area contributed by atoms with E-state index in [-0.39, 0.29) is 18.9 Å². The number of nitrogens with zero attached hydrogens (tertiary/aromatic N) is 1. The Kier molecular flexibility index (Phi) is 3.95. The summed E-state index contributed by atoms with van der Waals surface area (Å²) < 4.78 is 5.33. The van der Waals surface area contributed by atoms with Crippen molar-refractivity contribution in [2.45, 2.75) is 18.7 Å². The number of rotatable bonds is 4. The minimum absolute atomic E-state index is 0.0274. The van der Waals surface area contributed by atoms with Gasteiger partial charge in [0.25, 0.3) is 5.91 Å². The maximum atomic E-state index is 11.7. The molecule has 5 nitrogen and oxygen atoms in total. The number of carboxylic acid groups (broad SMARTS) is 1. The molecule has 0 aliphatic carbocycles. The molecule has 1 heterocycles. The largest absolute Gasteiger partial charge is 0.482 e. The molecule has 1 aliphatic rings. The number of ether oxygens (including phenoxy) is 1. The molecule has 6 heteroatoms. The topological polar surface area (TPSA) is 66.8 Å². The van der Waals surface area contributed by atoms with Crippen LogP contribution in [0.4, 0.5) is 5.69 Å². The first-order chi connectivity index (χ1) is 9.02. The van der Waals surface area contributed by atoms with Crippen molar-refractivity contribution in [3.63, 3.8) is 0 Å². The summed E-state index contributed by atoms with van der Waals surface area (Å²) in [6, 6.07) is 5.16. The van der Waals surface area contributed by atoms with E-state index in [1.165, 1.54) is 0 Å². The van der Waals surface area contributed by atoms with Crippen LogP contribution in [-0.4, -0.2) is 30.1 Å². The minimum atomic E-state index is -0.961. The molecule has 1 aliphatic heterocycles. The fourth-order valence-corrected chi connectivity index (χ4v) is 2.30. The Morgan fingerprint density at radius 3 is 2.95 bits per heavy atom. The number of amides is 1. The first-order valence-corrected chi connectivity index (χ1v) is 6.39.